The highest BCUT2D eigenvalue weighted by molar-refractivity contribution is 6.26. The lowest BCUT2D eigenvalue weighted by atomic mass is 9.49. The Morgan fingerprint density at radius 2 is 1.45 bits per heavy atom. The van der Waals surface area contributed by atoms with Crippen LogP contribution in [0.4, 0.5) is 4.79 Å². The number of esters is 2. The van der Waals surface area contributed by atoms with Crippen LogP contribution in [0.3, 0.4) is 0 Å². The van der Waals surface area contributed by atoms with E-state index in [1.165, 1.54) is 21.0 Å². The number of fused-ring (bicyclic) bond motifs is 4. The second kappa shape index (κ2) is 25.9. The average molecular weight is 1200 g/mol. The van der Waals surface area contributed by atoms with Crippen LogP contribution in [0.1, 0.15) is 134 Å². The molecule has 5 aliphatic heterocycles. The van der Waals surface area contributed by atoms with E-state index in [0.717, 1.165) is 5.57 Å². The molecule has 1 unspecified atom stereocenters. The molecule has 2 bridgehead atoms. The van der Waals surface area contributed by atoms with Crippen LogP contribution in [0, 0.1) is 52.0 Å². The molecule has 0 aromatic rings. The standard InChI is InChI=1S/C61H91N2O22/c1-27-13-16-42(81-48-25-59(10,63(73)74)54(34(8)79-48)62-58(72)75-12)28(2)20-39-40(66)21-36(26-64)24-61(39)56(70)49(57(71)85-61)55(69)60(11)38(27)15-14-37-50(60)29(3)19-30(4)52(37)84-47-23-44(53(33(7)78-47)80-35(9)65)83-45-18-17-43(31(5)76-45)82-46-22-41(67)51(68)32(6)77-46/h13-15,20,29-34,36-48,50-54,64,66-69,73H,16-19,21-26H2,1-12H3,(H,62,72)/q-1/b27-13+,28-20-,55-49?/t29-,30-,31-,32-,33-,34+,36+,37-,38-,39?,40-,41+,42-,43+,44+,45-,46+,47-,48-,50+,51-,52-,53-,54-,59-,60+,61-/m0/s1. The highest BCUT2D eigenvalue weighted by Gasteiger charge is 2.65. The quantitative estimate of drug-likeness (QED) is 0.0432. The number of carbonyl (C=O) groups is 4. The minimum Gasteiger partial charge on any atom is -0.762 e. The minimum absolute atomic E-state index is 0.0608. The molecule has 478 valence electrons. The van der Waals surface area contributed by atoms with Gasteiger partial charge in [-0.25, -0.2) is 9.59 Å². The van der Waals surface area contributed by atoms with Crippen LogP contribution >= 0.6 is 0 Å². The van der Waals surface area contributed by atoms with Gasteiger partial charge in [-0.3, -0.25) is 14.8 Å². The van der Waals surface area contributed by atoms with E-state index in [4.69, 9.17) is 52.1 Å². The van der Waals surface area contributed by atoms with Gasteiger partial charge in [-0.2, -0.15) is 0 Å². The Bertz CT molecular complexity index is 2570. The van der Waals surface area contributed by atoms with Crippen LogP contribution < -0.4 is 5.32 Å². The predicted molar refractivity (Wildman–Crippen MR) is 298 cm³/mol. The first kappa shape index (κ1) is 65.5. The molecular weight excluding hydrogens is 1110 g/mol. The lowest BCUT2D eigenvalue weighted by Crippen LogP contribution is -2.67. The molecule has 24 nitrogen and oxygen atoms in total. The van der Waals surface area contributed by atoms with Crippen molar-refractivity contribution >= 4 is 23.8 Å². The fourth-order valence-electron chi connectivity index (χ4n) is 16.0. The second-order valence-electron chi connectivity index (χ2n) is 26.2. The number of allylic oxidation sites excluding steroid dienone is 3. The summed E-state index contributed by atoms with van der Waals surface area (Å²) in [5, 5.41) is 82.3. The summed E-state index contributed by atoms with van der Waals surface area (Å²) in [5.41, 5.74) is -4.39. The number of ketones is 1. The zero-order valence-corrected chi connectivity index (χ0v) is 50.9. The molecule has 0 radical (unpaired) electrons. The number of carbonyl (C=O) groups excluding carboxylic acids is 4. The third-order valence-electron chi connectivity index (χ3n) is 20.3. The molecule has 2 saturated carbocycles. The van der Waals surface area contributed by atoms with Gasteiger partial charge in [0.05, 0.1) is 79.5 Å². The lowest BCUT2D eigenvalue weighted by Gasteiger charge is -2.56. The third kappa shape index (κ3) is 12.7. The number of nitrogens with zero attached hydrogens (tertiary/aromatic N) is 1. The maximum atomic E-state index is 15.6. The van der Waals surface area contributed by atoms with Gasteiger partial charge in [0.25, 0.3) is 0 Å². The number of hydrogen-bond acceptors (Lipinski definition) is 23. The van der Waals surface area contributed by atoms with Gasteiger partial charge in [0.2, 0.25) is 5.78 Å². The summed E-state index contributed by atoms with van der Waals surface area (Å²) in [6.07, 6.45) is -4.57. The van der Waals surface area contributed by atoms with Gasteiger partial charge in [0.15, 0.2) is 36.9 Å². The van der Waals surface area contributed by atoms with Crippen molar-refractivity contribution in [3.05, 3.63) is 52.0 Å². The van der Waals surface area contributed by atoms with E-state index in [9.17, 15) is 50.3 Å². The monoisotopic (exact) mass is 1200 g/mol. The Morgan fingerprint density at radius 3 is 2.11 bits per heavy atom. The summed E-state index contributed by atoms with van der Waals surface area (Å²) in [7, 11) is 1.17. The number of rotatable bonds is 12. The van der Waals surface area contributed by atoms with Crippen LogP contribution in [0.25, 0.3) is 0 Å². The van der Waals surface area contributed by atoms with Crippen LogP contribution in [0.5, 0.6) is 0 Å². The molecule has 9 aliphatic rings. The number of hydrogen-bond donors (Lipinski definition) is 7. The number of methoxy groups -OCH3 is 1. The van der Waals surface area contributed by atoms with Crippen molar-refractivity contribution in [2.45, 2.75) is 250 Å². The molecule has 9 rings (SSSR count). The summed E-state index contributed by atoms with van der Waals surface area (Å²) in [5.74, 6) is -6.56. The van der Waals surface area contributed by atoms with E-state index in [1.807, 2.05) is 32.9 Å². The first-order valence-electron chi connectivity index (χ1n) is 30.4. The van der Waals surface area contributed by atoms with E-state index in [0.29, 0.717) is 24.8 Å². The molecule has 5 saturated heterocycles. The molecule has 0 aromatic heterocycles. The summed E-state index contributed by atoms with van der Waals surface area (Å²) in [6.45, 7) is 19.0. The summed E-state index contributed by atoms with van der Waals surface area (Å²) < 4.78 is 68.9. The molecular formula is C61H91N2O22-. The second-order valence-corrected chi connectivity index (χ2v) is 26.2. The number of hydroxylamine groups is 2. The van der Waals surface area contributed by atoms with Crippen molar-refractivity contribution in [3.63, 3.8) is 0 Å². The lowest BCUT2D eigenvalue weighted by molar-refractivity contribution is -0.323. The maximum absolute atomic E-state index is 15.6. The summed E-state index contributed by atoms with van der Waals surface area (Å²) in [6, 6.07) is -1.04. The van der Waals surface area contributed by atoms with Crippen molar-refractivity contribution in [1.29, 1.82) is 0 Å². The smallest absolute Gasteiger partial charge is 0.407 e. The zero-order valence-electron chi connectivity index (χ0n) is 50.9. The highest BCUT2D eigenvalue weighted by Crippen LogP contribution is 2.61. The number of alkyl carbamates (subject to hydrolysis) is 1. The molecule has 7 fully saturated rings. The third-order valence-corrected chi connectivity index (χ3v) is 20.3. The number of aliphatic hydroxyl groups is 5. The molecule has 4 aliphatic carbocycles. The van der Waals surface area contributed by atoms with Crippen LogP contribution in [-0.2, 0) is 66.5 Å². The SMILES string of the molecule is COC(=O)N[C@H]1[C@@H](C)O[C@@H](O[C@H]2C/C=C(\C)[C@@H]3C=C[C@@H]4[C@@H](O[C@H]5C[C@@H](O[C@H]6CC[C@@H](O[C@@H]7C[C@@H](O)[C@@H](O)[C@H](C)O7)[C@H](C)O6)[C@@H](OC(C)=O)[C@H](C)O5)[C@@H](C)C[C@H](C)[C@H]4[C@]3(C)C(O)=C3C(=O)O[C@]4(C[C@H](CO)C[C@H](O)C4/C=C\2C)C3=O)C[C@]1(C)N([O-])O. The molecule has 27 atom stereocenters. The number of amides is 1. The summed E-state index contributed by atoms with van der Waals surface area (Å²) in [4.78, 5) is 55.3. The van der Waals surface area contributed by atoms with Gasteiger partial charge < -0.3 is 93.4 Å². The van der Waals surface area contributed by atoms with E-state index in [2.05, 4.69) is 25.2 Å². The fourth-order valence-corrected chi connectivity index (χ4v) is 16.0. The van der Waals surface area contributed by atoms with E-state index >= 15 is 4.79 Å². The van der Waals surface area contributed by atoms with Crippen molar-refractivity contribution in [2.24, 2.45) is 46.8 Å². The fraction of sp³-hybridized carbons (Fsp3) is 0.803. The number of ether oxygens (including phenoxy) is 11. The van der Waals surface area contributed by atoms with Crippen molar-refractivity contribution in [2.75, 3.05) is 13.7 Å². The molecule has 5 heterocycles. The van der Waals surface area contributed by atoms with E-state index in [-0.39, 0.29) is 55.6 Å². The van der Waals surface area contributed by atoms with E-state index in [1.54, 1.807) is 33.8 Å². The topological polar surface area (TPSA) is 330 Å². The molecule has 1 spiro atoms. The normalized spacial score (nSPS) is 48.1. The van der Waals surface area contributed by atoms with Gasteiger partial charge >= 0.3 is 18.0 Å². The first-order valence-corrected chi connectivity index (χ1v) is 30.4. The predicted octanol–water partition coefficient (Wildman–Crippen LogP) is 5.24. The molecule has 24 heteroatoms. The Labute approximate surface area is 496 Å². The van der Waals surface area contributed by atoms with Gasteiger partial charge in [0, 0.05) is 62.9 Å². The van der Waals surface area contributed by atoms with Crippen molar-refractivity contribution in [3.8, 4) is 0 Å². The minimum atomic E-state index is -2.05. The van der Waals surface area contributed by atoms with Gasteiger partial charge in [-0.15, -0.1) is 0 Å². The Morgan fingerprint density at radius 1 is 0.776 bits per heavy atom. The maximum Gasteiger partial charge on any atom is 0.407 e. The van der Waals surface area contributed by atoms with Gasteiger partial charge in [0.1, 0.15) is 23.5 Å². The van der Waals surface area contributed by atoms with Gasteiger partial charge in [-0.1, -0.05) is 50.6 Å². The van der Waals surface area contributed by atoms with Crippen molar-refractivity contribution in [1.82, 2.24) is 10.5 Å². The molecule has 7 N–H and O–H groups in total. The van der Waals surface area contributed by atoms with E-state index < -0.39 is 192 Å². The Balaban J connectivity index is 1.03. The van der Waals surface area contributed by atoms with Gasteiger partial charge in [-0.05, 0) is 103 Å². The molecule has 0 aromatic carbocycles. The average Bonchev–Trinajstić information content (AvgIpc) is 1.74. The molecule has 1 amide bonds. The first-order chi connectivity index (χ1) is 40.0. The van der Waals surface area contributed by atoms with Crippen LogP contribution in [0.15, 0.2) is 46.8 Å². The highest BCUT2D eigenvalue weighted by atomic mass is 16.8. The number of aliphatic hydroxyl groups excluding tert-OH is 5. The Hall–Kier alpha value is -3.96. The Kier molecular flexibility index (Phi) is 19.9. The largest absolute Gasteiger partial charge is 0.762 e. The van der Waals surface area contributed by atoms with Crippen LogP contribution in [-0.4, -0.2) is 189 Å². The summed E-state index contributed by atoms with van der Waals surface area (Å²) >= 11 is 0. The number of Topliss-reactive ketones (excluding diaryl/α,β-unsaturated/α-hetero) is 1. The zero-order chi connectivity index (χ0) is 61.9. The number of nitrogens with one attached hydrogen (secondary N) is 1. The van der Waals surface area contributed by atoms with Crippen molar-refractivity contribution < 1.29 is 102 Å². The molecule has 85 heavy (non-hydrogen) atoms. The van der Waals surface area contributed by atoms with Crippen LogP contribution in [0.2, 0.25) is 0 Å².